The minimum Gasteiger partial charge on any atom is -0.399 e. The monoisotopic (exact) mass is 241 g/mol. The summed E-state index contributed by atoms with van der Waals surface area (Å²) < 4.78 is 22.7. The molecule has 1 aromatic carbocycles. The van der Waals surface area contributed by atoms with Gasteiger partial charge in [0.15, 0.2) is 9.84 Å². The van der Waals surface area contributed by atoms with Gasteiger partial charge in [-0.15, -0.1) is 0 Å². The van der Waals surface area contributed by atoms with Crippen LogP contribution in [0.2, 0.25) is 0 Å². The quantitative estimate of drug-likeness (QED) is 0.733. The molecule has 1 atom stereocenters. The molecule has 1 aliphatic rings. The lowest BCUT2D eigenvalue weighted by Gasteiger charge is -2.21. The Balaban J connectivity index is 2.20. The van der Waals surface area contributed by atoms with Gasteiger partial charge < -0.3 is 10.8 Å². The molecule has 88 valence electrons. The van der Waals surface area contributed by atoms with E-state index >= 15 is 0 Å². The van der Waals surface area contributed by atoms with E-state index in [1.165, 1.54) is 0 Å². The molecule has 1 fully saturated rings. The zero-order chi connectivity index (χ0) is 11.8. The average Bonchev–Trinajstić information content (AvgIpc) is 2.45. The second kappa shape index (κ2) is 3.75. The number of aliphatic hydroxyl groups is 1. The van der Waals surface area contributed by atoms with Gasteiger partial charge in [-0.1, -0.05) is 18.2 Å². The van der Waals surface area contributed by atoms with E-state index in [2.05, 4.69) is 0 Å². The van der Waals surface area contributed by atoms with Crippen LogP contribution in [0.15, 0.2) is 24.3 Å². The molecule has 3 N–H and O–H groups in total. The van der Waals surface area contributed by atoms with E-state index in [4.69, 9.17) is 5.73 Å². The van der Waals surface area contributed by atoms with Gasteiger partial charge in [0.2, 0.25) is 0 Å². The number of sulfone groups is 1. The van der Waals surface area contributed by atoms with E-state index in [1.807, 2.05) is 18.2 Å². The minimum absolute atomic E-state index is 0.0657. The SMILES string of the molecule is Nc1ccccc1CC1(O)CCS(=O)(=O)C1. The molecule has 0 saturated carbocycles. The van der Waals surface area contributed by atoms with Crippen LogP contribution in [0.1, 0.15) is 12.0 Å². The predicted octanol–water partition coefficient (Wildman–Crippen LogP) is 0.361. The molecular formula is C11H15NO3S. The predicted molar refractivity (Wildman–Crippen MR) is 62.8 cm³/mol. The fraction of sp³-hybridized carbons (Fsp3) is 0.455. The summed E-state index contributed by atoms with van der Waals surface area (Å²) in [6.45, 7) is 0. The Labute approximate surface area is 95.0 Å². The van der Waals surface area contributed by atoms with Crippen molar-refractivity contribution in [3.63, 3.8) is 0 Å². The lowest BCUT2D eigenvalue weighted by atomic mass is 9.93. The molecule has 1 unspecified atom stereocenters. The molecular weight excluding hydrogens is 226 g/mol. The third kappa shape index (κ3) is 2.36. The Morgan fingerprint density at radius 3 is 2.62 bits per heavy atom. The summed E-state index contributed by atoms with van der Waals surface area (Å²) in [5, 5.41) is 10.2. The van der Waals surface area contributed by atoms with E-state index < -0.39 is 15.4 Å². The van der Waals surface area contributed by atoms with E-state index in [0.717, 1.165) is 5.56 Å². The van der Waals surface area contributed by atoms with Gasteiger partial charge in [0.05, 0.1) is 17.1 Å². The molecule has 1 saturated heterocycles. The highest BCUT2D eigenvalue weighted by molar-refractivity contribution is 7.91. The Hall–Kier alpha value is -1.07. The van der Waals surface area contributed by atoms with Gasteiger partial charge in [-0.3, -0.25) is 0 Å². The van der Waals surface area contributed by atoms with Crippen molar-refractivity contribution < 1.29 is 13.5 Å². The van der Waals surface area contributed by atoms with E-state index in [-0.39, 0.29) is 11.5 Å². The maximum Gasteiger partial charge on any atom is 0.153 e. The van der Waals surface area contributed by atoms with Crippen LogP contribution in [0.5, 0.6) is 0 Å². The van der Waals surface area contributed by atoms with Crippen molar-refractivity contribution in [3.8, 4) is 0 Å². The summed E-state index contributed by atoms with van der Waals surface area (Å²) in [5.41, 5.74) is 6.02. The molecule has 0 aliphatic carbocycles. The van der Waals surface area contributed by atoms with Crippen LogP contribution in [0.4, 0.5) is 5.69 Å². The smallest absolute Gasteiger partial charge is 0.153 e. The Morgan fingerprint density at radius 2 is 2.06 bits per heavy atom. The van der Waals surface area contributed by atoms with Crippen LogP contribution in [0.3, 0.4) is 0 Å². The molecule has 16 heavy (non-hydrogen) atoms. The highest BCUT2D eigenvalue weighted by atomic mass is 32.2. The lowest BCUT2D eigenvalue weighted by Crippen LogP contribution is -2.32. The van der Waals surface area contributed by atoms with Crippen molar-refractivity contribution in [1.29, 1.82) is 0 Å². The van der Waals surface area contributed by atoms with Crippen LogP contribution in [0.25, 0.3) is 0 Å². The van der Waals surface area contributed by atoms with Gasteiger partial charge >= 0.3 is 0 Å². The summed E-state index contributed by atoms with van der Waals surface area (Å²) >= 11 is 0. The normalized spacial score (nSPS) is 28.1. The highest BCUT2D eigenvalue weighted by Gasteiger charge is 2.40. The van der Waals surface area contributed by atoms with Crippen LogP contribution in [0, 0.1) is 0 Å². The molecule has 0 spiro atoms. The molecule has 1 heterocycles. The number of benzene rings is 1. The first-order valence-electron chi connectivity index (χ1n) is 5.16. The number of hydrogen-bond donors (Lipinski definition) is 2. The maximum atomic E-state index is 11.3. The molecule has 0 amide bonds. The minimum atomic E-state index is -3.08. The zero-order valence-electron chi connectivity index (χ0n) is 8.89. The zero-order valence-corrected chi connectivity index (χ0v) is 9.70. The topological polar surface area (TPSA) is 80.4 Å². The second-order valence-electron chi connectivity index (χ2n) is 4.44. The number of anilines is 1. The van der Waals surface area contributed by atoms with Crippen LogP contribution >= 0.6 is 0 Å². The number of nitrogens with two attached hydrogens (primary N) is 1. The molecule has 1 aromatic rings. The third-order valence-electron chi connectivity index (χ3n) is 2.94. The number of hydrogen-bond acceptors (Lipinski definition) is 4. The summed E-state index contributed by atoms with van der Waals surface area (Å²) in [5.74, 6) is -0.0927. The highest BCUT2D eigenvalue weighted by Crippen LogP contribution is 2.28. The molecule has 0 bridgehead atoms. The van der Waals surface area contributed by atoms with Crippen molar-refractivity contribution >= 4 is 15.5 Å². The molecule has 4 nitrogen and oxygen atoms in total. The number of para-hydroxylation sites is 1. The van der Waals surface area contributed by atoms with Crippen LogP contribution < -0.4 is 5.73 Å². The van der Waals surface area contributed by atoms with Crippen molar-refractivity contribution in [3.05, 3.63) is 29.8 Å². The van der Waals surface area contributed by atoms with Crippen molar-refractivity contribution in [1.82, 2.24) is 0 Å². The van der Waals surface area contributed by atoms with Gasteiger partial charge in [0.1, 0.15) is 0 Å². The maximum absolute atomic E-state index is 11.3. The summed E-state index contributed by atoms with van der Waals surface area (Å²) in [6, 6.07) is 7.22. The Bertz CT molecular complexity index is 498. The van der Waals surface area contributed by atoms with Crippen molar-refractivity contribution in [2.45, 2.75) is 18.4 Å². The third-order valence-corrected chi connectivity index (χ3v) is 4.74. The first-order chi connectivity index (χ1) is 7.40. The van der Waals surface area contributed by atoms with Crippen molar-refractivity contribution in [2.75, 3.05) is 17.2 Å². The molecule has 1 aliphatic heterocycles. The fourth-order valence-electron chi connectivity index (χ4n) is 2.09. The Morgan fingerprint density at radius 1 is 1.38 bits per heavy atom. The molecule has 0 aromatic heterocycles. The van der Waals surface area contributed by atoms with Crippen molar-refractivity contribution in [2.24, 2.45) is 0 Å². The van der Waals surface area contributed by atoms with Crippen LogP contribution in [-0.2, 0) is 16.3 Å². The summed E-state index contributed by atoms with van der Waals surface area (Å²) in [4.78, 5) is 0. The van der Waals surface area contributed by atoms with E-state index in [1.54, 1.807) is 6.07 Å². The standard InChI is InChI=1S/C11H15NO3S/c12-10-4-2-1-3-9(10)7-11(13)5-6-16(14,15)8-11/h1-4,13H,5-8,12H2. The molecule has 0 radical (unpaired) electrons. The van der Waals surface area contributed by atoms with E-state index in [9.17, 15) is 13.5 Å². The second-order valence-corrected chi connectivity index (χ2v) is 6.63. The first-order valence-corrected chi connectivity index (χ1v) is 6.99. The van der Waals surface area contributed by atoms with Gasteiger partial charge in [-0.05, 0) is 18.1 Å². The van der Waals surface area contributed by atoms with Crippen LogP contribution in [-0.4, -0.2) is 30.6 Å². The van der Waals surface area contributed by atoms with E-state index in [0.29, 0.717) is 18.5 Å². The fourth-order valence-corrected chi connectivity index (χ4v) is 3.99. The number of nitrogen functional groups attached to an aromatic ring is 1. The largest absolute Gasteiger partial charge is 0.399 e. The summed E-state index contributed by atoms with van der Waals surface area (Å²) in [7, 11) is -3.08. The molecule has 2 rings (SSSR count). The van der Waals surface area contributed by atoms with Gasteiger partial charge in [0, 0.05) is 12.1 Å². The van der Waals surface area contributed by atoms with Gasteiger partial charge in [-0.2, -0.15) is 0 Å². The molecule has 5 heteroatoms. The average molecular weight is 241 g/mol. The number of rotatable bonds is 2. The van der Waals surface area contributed by atoms with Gasteiger partial charge in [0.25, 0.3) is 0 Å². The lowest BCUT2D eigenvalue weighted by molar-refractivity contribution is 0.0683. The summed E-state index contributed by atoms with van der Waals surface area (Å²) in [6.07, 6.45) is 0.600. The Kier molecular flexibility index (Phi) is 2.67. The van der Waals surface area contributed by atoms with Gasteiger partial charge in [-0.25, -0.2) is 8.42 Å². The first kappa shape index (κ1) is 11.4.